The van der Waals surface area contributed by atoms with E-state index in [9.17, 15) is 9.59 Å². The fraction of sp³-hybridized carbons (Fsp3) is 0.200. The number of Topliss-reactive ketones (excluding diaryl/α,β-unsaturated/α-hetero) is 2. The van der Waals surface area contributed by atoms with E-state index in [1.165, 1.54) is 5.56 Å². The van der Waals surface area contributed by atoms with E-state index < -0.39 is 0 Å². The molecule has 0 spiro atoms. The van der Waals surface area contributed by atoms with Gasteiger partial charge in [0.1, 0.15) is 0 Å². The third kappa shape index (κ3) is 7.51. The van der Waals surface area contributed by atoms with E-state index in [2.05, 4.69) is 41.2 Å². The topological polar surface area (TPSA) is 59.9 Å². The van der Waals surface area contributed by atoms with Crippen LogP contribution in [0.2, 0.25) is 0 Å². The summed E-state index contributed by atoms with van der Waals surface area (Å²) in [5, 5.41) is 2.16. The SMILES string of the molecule is CCCc1ccc(C(=O)Cc2cccc3ccc(C)nc23)cc1.Cc1ccc(C(=O)Cc2cccc3ccc(C)nc23)cc1. The number of ketones is 2. The van der Waals surface area contributed by atoms with E-state index in [1.807, 2.05) is 106 Å². The highest BCUT2D eigenvalue weighted by molar-refractivity contribution is 6.00. The molecule has 0 amide bonds. The Morgan fingerprint density at radius 2 is 1.00 bits per heavy atom. The van der Waals surface area contributed by atoms with E-state index >= 15 is 0 Å². The zero-order valence-corrected chi connectivity index (χ0v) is 25.9. The third-order valence-electron chi connectivity index (χ3n) is 7.78. The number of carbonyl (C=O) groups excluding carboxylic acids is 2. The molecule has 0 bridgehead atoms. The summed E-state index contributed by atoms with van der Waals surface area (Å²) in [4.78, 5) is 34.2. The molecule has 2 aromatic heterocycles. The summed E-state index contributed by atoms with van der Waals surface area (Å²) in [6.07, 6.45) is 2.95. The number of pyridine rings is 2. The number of aromatic nitrogens is 2. The fourth-order valence-electron chi connectivity index (χ4n) is 5.33. The Morgan fingerprint density at radius 3 is 1.45 bits per heavy atom. The number of para-hydroxylation sites is 2. The molecule has 4 nitrogen and oxygen atoms in total. The van der Waals surface area contributed by atoms with E-state index in [1.54, 1.807) is 0 Å². The maximum absolute atomic E-state index is 12.6. The van der Waals surface area contributed by atoms with E-state index in [4.69, 9.17) is 0 Å². The minimum absolute atomic E-state index is 0.130. The average Bonchev–Trinajstić information content (AvgIpc) is 3.03. The van der Waals surface area contributed by atoms with Crippen LogP contribution in [-0.4, -0.2) is 21.5 Å². The van der Waals surface area contributed by atoms with Crippen LogP contribution in [0.25, 0.3) is 21.8 Å². The molecule has 0 fully saturated rings. The number of carbonyl (C=O) groups is 2. The van der Waals surface area contributed by atoms with Crippen molar-refractivity contribution < 1.29 is 9.59 Å². The Kier molecular flexibility index (Phi) is 9.71. The van der Waals surface area contributed by atoms with E-state index in [0.29, 0.717) is 12.8 Å². The highest BCUT2D eigenvalue weighted by atomic mass is 16.1. The Bertz CT molecular complexity index is 1920. The molecule has 0 saturated carbocycles. The maximum Gasteiger partial charge on any atom is 0.167 e. The molecule has 220 valence electrons. The summed E-state index contributed by atoms with van der Waals surface area (Å²) >= 11 is 0. The minimum Gasteiger partial charge on any atom is -0.294 e. The lowest BCUT2D eigenvalue weighted by Crippen LogP contribution is -2.05. The zero-order valence-electron chi connectivity index (χ0n) is 25.9. The molecule has 0 unspecified atom stereocenters. The van der Waals surface area contributed by atoms with Gasteiger partial charge in [-0.3, -0.25) is 19.6 Å². The van der Waals surface area contributed by atoms with Gasteiger partial charge in [-0.05, 0) is 56.0 Å². The normalized spacial score (nSPS) is 10.8. The van der Waals surface area contributed by atoms with Crippen LogP contribution in [0, 0.1) is 20.8 Å². The molecule has 0 saturated heterocycles. The zero-order chi connectivity index (χ0) is 31.1. The Balaban J connectivity index is 0.000000175. The second-order valence-corrected chi connectivity index (χ2v) is 11.4. The molecule has 2 heterocycles. The lowest BCUT2D eigenvalue weighted by Gasteiger charge is -2.07. The predicted octanol–water partition coefficient (Wildman–Crippen LogP) is 9.20. The van der Waals surface area contributed by atoms with Gasteiger partial charge in [-0.1, -0.05) is 116 Å². The van der Waals surface area contributed by atoms with Crippen molar-refractivity contribution in [2.45, 2.75) is 53.4 Å². The van der Waals surface area contributed by atoms with E-state index in [0.717, 1.165) is 73.9 Å². The monoisotopic (exact) mass is 578 g/mol. The van der Waals surface area contributed by atoms with Gasteiger partial charge in [-0.2, -0.15) is 0 Å². The van der Waals surface area contributed by atoms with Gasteiger partial charge in [0.15, 0.2) is 11.6 Å². The van der Waals surface area contributed by atoms with Gasteiger partial charge in [0.05, 0.1) is 11.0 Å². The average molecular weight is 579 g/mol. The van der Waals surface area contributed by atoms with Crippen molar-refractivity contribution in [3.05, 3.63) is 154 Å². The van der Waals surface area contributed by atoms with Crippen LogP contribution in [-0.2, 0) is 19.3 Å². The Hall–Kier alpha value is -4.96. The minimum atomic E-state index is 0.130. The molecule has 6 aromatic rings. The first kappa shape index (κ1) is 30.5. The van der Waals surface area contributed by atoms with Crippen molar-refractivity contribution in [1.82, 2.24) is 9.97 Å². The molecular weight excluding hydrogens is 540 g/mol. The summed E-state index contributed by atoms with van der Waals surface area (Å²) in [6, 6.07) is 35.9. The van der Waals surface area contributed by atoms with Gasteiger partial charge in [0.2, 0.25) is 0 Å². The molecule has 0 aliphatic rings. The first-order chi connectivity index (χ1) is 21.3. The largest absolute Gasteiger partial charge is 0.294 e. The molecule has 0 aliphatic heterocycles. The summed E-state index contributed by atoms with van der Waals surface area (Å²) < 4.78 is 0. The summed E-state index contributed by atoms with van der Waals surface area (Å²) in [5.74, 6) is 0.273. The number of rotatable bonds is 8. The van der Waals surface area contributed by atoms with Crippen molar-refractivity contribution in [3.63, 3.8) is 0 Å². The van der Waals surface area contributed by atoms with Crippen LogP contribution in [0.3, 0.4) is 0 Å². The summed E-state index contributed by atoms with van der Waals surface area (Å²) in [6.45, 7) is 8.13. The van der Waals surface area contributed by atoms with Gasteiger partial charge in [0, 0.05) is 46.1 Å². The second-order valence-electron chi connectivity index (χ2n) is 11.4. The van der Waals surface area contributed by atoms with Crippen LogP contribution in [0.15, 0.2) is 109 Å². The van der Waals surface area contributed by atoms with Crippen molar-refractivity contribution in [3.8, 4) is 0 Å². The molecule has 44 heavy (non-hydrogen) atoms. The number of benzene rings is 4. The van der Waals surface area contributed by atoms with Gasteiger partial charge in [0.25, 0.3) is 0 Å². The van der Waals surface area contributed by atoms with Crippen molar-refractivity contribution >= 4 is 33.4 Å². The molecule has 0 radical (unpaired) electrons. The first-order valence-electron chi connectivity index (χ1n) is 15.2. The van der Waals surface area contributed by atoms with Gasteiger partial charge in [-0.15, -0.1) is 0 Å². The van der Waals surface area contributed by atoms with Crippen molar-refractivity contribution in [1.29, 1.82) is 0 Å². The first-order valence-corrected chi connectivity index (χ1v) is 15.2. The molecule has 0 aliphatic carbocycles. The molecule has 4 aromatic carbocycles. The molecule has 0 N–H and O–H groups in total. The fourth-order valence-corrected chi connectivity index (χ4v) is 5.33. The number of hydrogen-bond donors (Lipinski definition) is 0. The highest BCUT2D eigenvalue weighted by Crippen LogP contribution is 2.21. The predicted molar refractivity (Wildman–Crippen MR) is 181 cm³/mol. The Labute approximate surface area is 259 Å². The molecule has 6 rings (SSSR count). The molecular formula is C40H38N2O2. The highest BCUT2D eigenvalue weighted by Gasteiger charge is 2.12. The second kappa shape index (κ2) is 14.0. The van der Waals surface area contributed by atoms with Crippen LogP contribution >= 0.6 is 0 Å². The number of aryl methyl sites for hydroxylation is 4. The van der Waals surface area contributed by atoms with Crippen LogP contribution in [0.4, 0.5) is 0 Å². The summed E-state index contributed by atoms with van der Waals surface area (Å²) in [5.41, 5.74) is 9.76. The summed E-state index contributed by atoms with van der Waals surface area (Å²) in [7, 11) is 0. The van der Waals surface area contributed by atoms with Crippen molar-refractivity contribution in [2.75, 3.05) is 0 Å². The van der Waals surface area contributed by atoms with Crippen molar-refractivity contribution in [2.24, 2.45) is 0 Å². The maximum atomic E-state index is 12.6. The molecule has 4 heteroatoms. The molecule has 0 atom stereocenters. The number of fused-ring (bicyclic) bond motifs is 2. The Morgan fingerprint density at radius 1 is 0.545 bits per heavy atom. The lowest BCUT2D eigenvalue weighted by molar-refractivity contribution is 0.0985. The quantitative estimate of drug-likeness (QED) is 0.169. The smallest absolute Gasteiger partial charge is 0.167 e. The standard InChI is InChI=1S/C21H21NO.C19H17NO/c1-3-5-16-9-12-17(13-10-16)20(23)14-19-7-4-6-18-11-8-15(2)22-21(18)19;1-13-6-9-15(10-7-13)18(21)12-17-5-3-4-16-11-8-14(2)20-19(16)17/h4,6-13H,3,5,14H2,1-2H3;3-11H,12H2,1-2H3. The van der Waals surface area contributed by atoms with Crippen LogP contribution < -0.4 is 0 Å². The van der Waals surface area contributed by atoms with Gasteiger partial charge in [-0.25, -0.2) is 0 Å². The van der Waals surface area contributed by atoms with Gasteiger partial charge < -0.3 is 0 Å². The number of nitrogens with zero attached hydrogens (tertiary/aromatic N) is 2. The lowest BCUT2D eigenvalue weighted by atomic mass is 9.99. The third-order valence-corrected chi connectivity index (χ3v) is 7.78. The number of hydrogen-bond acceptors (Lipinski definition) is 4. The van der Waals surface area contributed by atoms with E-state index in [-0.39, 0.29) is 11.6 Å². The van der Waals surface area contributed by atoms with Gasteiger partial charge >= 0.3 is 0 Å². The van der Waals surface area contributed by atoms with Crippen LogP contribution in [0.5, 0.6) is 0 Å². The van der Waals surface area contributed by atoms with Crippen LogP contribution in [0.1, 0.15) is 67.7 Å².